The fraction of sp³-hybridized carbons (Fsp3) is 0.480. The summed E-state index contributed by atoms with van der Waals surface area (Å²) in [5, 5.41) is 11.9. The Bertz CT molecular complexity index is 1250. The van der Waals surface area contributed by atoms with E-state index in [0.717, 1.165) is 60.6 Å². The van der Waals surface area contributed by atoms with Gasteiger partial charge in [0.2, 0.25) is 0 Å². The first kappa shape index (κ1) is 23.3. The molecule has 1 N–H and O–H groups in total. The predicted molar refractivity (Wildman–Crippen MR) is 130 cm³/mol. The second kappa shape index (κ2) is 9.31. The minimum absolute atomic E-state index is 0.00232. The number of amides is 2. The van der Waals surface area contributed by atoms with Crippen molar-refractivity contribution in [2.24, 2.45) is 7.05 Å². The molecule has 35 heavy (non-hydrogen) atoms. The highest BCUT2D eigenvalue weighted by Gasteiger charge is 2.32. The van der Waals surface area contributed by atoms with Crippen LogP contribution in [0.5, 0.6) is 0 Å². The van der Waals surface area contributed by atoms with Crippen LogP contribution in [0.1, 0.15) is 48.6 Å². The van der Waals surface area contributed by atoms with Gasteiger partial charge < -0.3 is 15.1 Å². The van der Waals surface area contributed by atoms with Gasteiger partial charge in [0.1, 0.15) is 0 Å². The normalized spacial score (nSPS) is 15.4. The molecule has 2 aromatic heterocycles. The van der Waals surface area contributed by atoms with Crippen LogP contribution in [-0.4, -0.2) is 50.6 Å². The molecule has 0 aliphatic carbocycles. The fourth-order valence-electron chi connectivity index (χ4n) is 5.28. The smallest absolute Gasteiger partial charge is 0.317 e. The zero-order valence-corrected chi connectivity index (χ0v) is 20.4. The minimum Gasteiger partial charge on any atom is -0.341 e. The van der Waals surface area contributed by atoms with Crippen LogP contribution >= 0.6 is 0 Å². The van der Waals surface area contributed by atoms with Crippen molar-refractivity contribution in [1.82, 2.24) is 29.8 Å². The molecule has 0 atom stereocenters. The zero-order chi connectivity index (χ0) is 24.7. The van der Waals surface area contributed by atoms with Gasteiger partial charge in [0.15, 0.2) is 5.82 Å². The number of aromatic nitrogens is 4. The van der Waals surface area contributed by atoms with E-state index < -0.39 is 6.43 Å². The van der Waals surface area contributed by atoms with Gasteiger partial charge in [-0.1, -0.05) is 6.92 Å². The van der Waals surface area contributed by atoms with Crippen molar-refractivity contribution in [3.05, 3.63) is 46.9 Å². The topological polar surface area (TPSA) is 71.2 Å². The van der Waals surface area contributed by atoms with E-state index in [9.17, 15) is 13.6 Å². The van der Waals surface area contributed by atoms with Gasteiger partial charge >= 0.3 is 6.03 Å². The number of nitrogens with one attached hydrogen (secondary N) is 1. The monoisotopic (exact) mass is 483 g/mol. The molecule has 0 radical (unpaired) electrons. The molecule has 0 spiro atoms. The van der Waals surface area contributed by atoms with E-state index in [1.807, 2.05) is 10.7 Å². The Balaban J connectivity index is 1.61. The summed E-state index contributed by atoms with van der Waals surface area (Å²) in [7, 11) is 3.41. The van der Waals surface area contributed by atoms with E-state index in [0.29, 0.717) is 30.8 Å². The molecule has 186 valence electrons. The van der Waals surface area contributed by atoms with Crippen LogP contribution in [-0.2, 0) is 33.0 Å². The number of rotatable bonds is 5. The number of hydrogen-bond acceptors (Lipinski definition) is 4. The van der Waals surface area contributed by atoms with Gasteiger partial charge in [0.25, 0.3) is 6.43 Å². The van der Waals surface area contributed by atoms with Crippen LogP contribution < -0.4 is 10.2 Å². The zero-order valence-electron chi connectivity index (χ0n) is 20.4. The van der Waals surface area contributed by atoms with Gasteiger partial charge in [0.05, 0.1) is 12.7 Å². The summed E-state index contributed by atoms with van der Waals surface area (Å²) < 4.78 is 32.2. The number of carbonyl (C=O) groups excluding carboxylic acids is 1. The number of urea groups is 1. The van der Waals surface area contributed by atoms with Crippen LogP contribution in [0, 0.1) is 0 Å². The summed E-state index contributed by atoms with van der Waals surface area (Å²) in [6, 6.07) is 3.41. The molecule has 2 amide bonds. The number of carbonyl (C=O) groups is 1. The van der Waals surface area contributed by atoms with Gasteiger partial charge in [-0.2, -0.15) is 10.2 Å². The summed E-state index contributed by atoms with van der Waals surface area (Å²) in [5.74, 6) is 0.775. The maximum atomic E-state index is 14.3. The van der Waals surface area contributed by atoms with E-state index >= 15 is 0 Å². The third-order valence-corrected chi connectivity index (χ3v) is 6.93. The van der Waals surface area contributed by atoms with Gasteiger partial charge in [-0.15, -0.1) is 0 Å². The number of alkyl halides is 2. The number of nitrogens with zero attached hydrogens (tertiary/aromatic N) is 6. The number of benzene rings is 1. The highest BCUT2D eigenvalue weighted by molar-refractivity contribution is 5.78. The van der Waals surface area contributed by atoms with Crippen LogP contribution in [0.3, 0.4) is 0 Å². The van der Waals surface area contributed by atoms with Crippen molar-refractivity contribution < 1.29 is 13.6 Å². The second-order valence-corrected chi connectivity index (χ2v) is 9.23. The SMILES string of the molecule is CCCn1nc(N2CCCc3cc(-c4cnn(C)c4)c(C(F)F)cc32)c2c1CCN(C(=O)NC)C2. The van der Waals surface area contributed by atoms with Crippen molar-refractivity contribution in [3.8, 4) is 11.1 Å². The fourth-order valence-corrected chi connectivity index (χ4v) is 5.28. The van der Waals surface area contributed by atoms with Crippen LogP contribution in [0.2, 0.25) is 0 Å². The molecule has 2 aliphatic heterocycles. The molecule has 10 heteroatoms. The summed E-state index contributed by atoms with van der Waals surface area (Å²) in [6.07, 6.45) is 4.14. The number of fused-ring (bicyclic) bond motifs is 2. The van der Waals surface area contributed by atoms with Crippen LogP contribution in [0.4, 0.5) is 25.1 Å². The largest absolute Gasteiger partial charge is 0.341 e. The lowest BCUT2D eigenvalue weighted by Crippen LogP contribution is -2.41. The van der Waals surface area contributed by atoms with Gasteiger partial charge in [0, 0.05) is 74.4 Å². The molecule has 0 bridgehead atoms. The van der Waals surface area contributed by atoms with E-state index in [-0.39, 0.29) is 11.6 Å². The molecule has 1 aromatic carbocycles. The maximum absolute atomic E-state index is 14.3. The van der Waals surface area contributed by atoms with E-state index in [1.54, 1.807) is 42.1 Å². The molecule has 0 saturated carbocycles. The number of aryl methyl sites for hydroxylation is 3. The first-order chi connectivity index (χ1) is 16.9. The summed E-state index contributed by atoms with van der Waals surface area (Å²) in [5.41, 5.74) is 5.16. The maximum Gasteiger partial charge on any atom is 0.317 e. The Kier molecular flexibility index (Phi) is 6.21. The Morgan fingerprint density at radius 3 is 2.74 bits per heavy atom. The van der Waals surface area contributed by atoms with Crippen molar-refractivity contribution in [3.63, 3.8) is 0 Å². The molecular weight excluding hydrogens is 452 g/mol. The number of halogens is 2. The van der Waals surface area contributed by atoms with Crippen LogP contribution in [0.25, 0.3) is 11.1 Å². The third kappa shape index (κ3) is 4.15. The average molecular weight is 484 g/mol. The first-order valence-electron chi connectivity index (χ1n) is 12.2. The lowest BCUT2D eigenvalue weighted by atomic mass is 9.92. The first-order valence-corrected chi connectivity index (χ1v) is 12.2. The van der Waals surface area contributed by atoms with Crippen molar-refractivity contribution >= 4 is 17.5 Å². The quantitative estimate of drug-likeness (QED) is 0.584. The molecule has 3 aromatic rings. The van der Waals surface area contributed by atoms with Crippen LogP contribution in [0.15, 0.2) is 24.5 Å². The van der Waals surface area contributed by atoms with E-state index in [2.05, 4.69) is 22.2 Å². The summed E-state index contributed by atoms with van der Waals surface area (Å²) >= 11 is 0. The highest BCUT2D eigenvalue weighted by atomic mass is 19.3. The van der Waals surface area contributed by atoms with E-state index in [1.165, 1.54) is 0 Å². The molecule has 4 heterocycles. The molecule has 0 unspecified atom stereocenters. The third-order valence-electron chi connectivity index (χ3n) is 6.93. The van der Waals surface area contributed by atoms with Gasteiger partial charge in [-0.3, -0.25) is 9.36 Å². The number of anilines is 2. The molecule has 5 rings (SSSR count). The Morgan fingerprint density at radius 2 is 2.06 bits per heavy atom. The molecule has 0 saturated heterocycles. The van der Waals surface area contributed by atoms with Crippen molar-refractivity contribution in [2.75, 3.05) is 25.0 Å². The predicted octanol–water partition coefficient (Wildman–Crippen LogP) is 4.41. The Labute approximate surface area is 203 Å². The molecule has 0 fully saturated rings. The highest BCUT2D eigenvalue weighted by Crippen LogP contribution is 2.42. The molecule has 2 aliphatic rings. The summed E-state index contributed by atoms with van der Waals surface area (Å²) in [6.45, 7) is 4.67. The standard InChI is InChI=1S/C25H31F2N7O/c1-4-8-34-21-7-10-32(25(35)28-2)15-20(21)24(30-34)33-9-5-6-16-11-18(17-13-29-31(3)14-17)19(23(26)27)12-22(16)33/h11-14,23H,4-10,15H2,1-3H3,(H,28,35). The minimum atomic E-state index is -2.62. The lowest BCUT2D eigenvalue weighted by Gasteiger charge is -2.33. The summed E-state index contributed by atoms with van der Waals surface area (Å²) in [4.78, 5) is 16.2. The Morgan fingerprint density at radius 1 is 1.23 bits per heavy atom. The lowest BCUT2D eigenvalue weighted by molar-refractivity contribution is 0.152. The second-order valence-electron chi connectivity index (χ2n) is 9.23. The Hall–Kier alpha value is -3.43. The van der Waals surface area contributed by atoms with Crippen molar-refractivity contribution in [1.29, 1.82) is 0 Å². The van der Waals surface area contributed by atoms with E-state index in [4.69, 9.17) is 5.10 Å². The average Bonchev–Trinajstić information content (AvgIpc) is 3.45. The van der Waals surface area contributed by atoms with Gasteiger partial charge in [-0.05, 0) is 42.5 Å². The van der Waals surface area contributed by atoms with Crippen molar-refractivity contribution in [2.45, 2.75) is 52.1 Å². The molecule has 8 nitrogen and oxygen atoms in total. The van der Waals surface area contributed by atoms with Gasteiger partial charge in [-0.25, -0.2) is 13.6 Å². The molecular formula is C25H31F2N7O. The number of hydrogen-bond donors (Lipinski definition) is 1.